The normalized spacial score (nSPS) is 27.0. The van der Waals surface area contributed by atoms with Crippen LogP contribution in [0.4, 0.5) is 0 Å². The average molecular weight is 331 g/mol. The fraction of sp³-hybridized carbons (Fsp3) is 0.381. The fourth-order valence-corrected chi connectivity index (χ4v) is 4.76. The first-order valence-corrected chi connectivity index (χ1v) is 8.70. The van der Waals surface area contributed by atoms with E-state index in [0.29, 0.717) is 0 Å². The third-order valence-electron chi connectivity index (χ3n) is 6.01. The van der Waals surface area contributed by atoms with E-state index in [9.17, 15) is 10.1 Å². The summed E-state index contributed by atoms with van der Waals surface area (Å²) in [6, 6.07) is 12.2. The van der Waals surface area contributed by atoms with E-state index in [0.717, 1.165) is 24.2 Å². The molecule has 2 atom stereocenters. The van der Waals surface area contributed by atoms with Crippen molar-refractivity contribution in [2.24, 2.45) is 11.3 Å². The van der Waals surface area contributed by atoms with Crippen LogP contribution in [0, 0.1) is 22.7 Å². The van der Waals surface area contributed by atoms with Gasteiger partial charge in [-0.05, 0) is 36.5 Å². The Bertz CT molecular complexity index is 930. The molecule has 1 aromatic carbocycles. The van der Waals surface area contributed by atoms with Crippen molar-refractivity contribution in [1.82, 2.24) is 9.78 Å². The van der Waals surface area contributed by atoms with Crippen LogP contribution in [0.2, 0.25) is 0 Å². The predicted molar refractivity (Wildman–Crippen MR) is 95.2 cm³/mol. The third-order valence-corrected chi connectivity index (χ3v) is 6.01. The lowest BCUT2D eigenvalue weighted by Crippen LogP contribution is -2.51. The second-order valence-electron chi connectivity index (χ2n) is 7.88. The maximum absolute atomic E-state index is 12.7. The molecule has 2 aromatic rings. The summed E-state index contributed by atoms with van der Waals surface area (Å²) in [6.07, 6.45) is 5.80. The number of carbonyl (C=O) groups is 1. The van der Waals surface area contributed by atoms with Gasteiger partial charge in [-0.1, -0.05) is 45.0 Å². The zero-order chi connectivity index (χ0) is 17.8. The Morgan fingerprint density at radius 1 is 1.24 bits per heavy atom. The molecule has 2 aliphatic carbocycles. The lowest BCUT2D eigenvalue weighted by Gasteiger charge is -2.49. The molecule has 25 heavy (non-hydrogen) atoms. The van der Waals surface area contributed by atoms with Crippen LogP contribution in [-0.2, 0) is 16.6 Å². The molecule has 0 spiro atoms. The Morgan fingerprint density at radius 2 is 1.96 bits per heavy atom. The van der Waals surface area contributed by atoms with Gasteiger partial charge in [-0.15, -0.1) is 0 Å². The van der Waals surface area contributed by atoms with E-state index in [1.54, 1.807) is 0 Å². The summed E-state index contributed by atoms with van der Waals surface area (Å²) in [4.78, 5) is 12.7. The number of hydrogen-bond acceptors (Lipinski definition) is 3. The van der Waals surface area contributed by atoms with Gasteiger partial charge < -0.3 is 0 Å². The smallest absolute Gasteiger partial charge is 0.178 e. The van der Waals surface area contributed by atoms with E-state index < -0.39 is 10.8 Å². The molecular formula is C21H21N3O. The summed E-state index contributed by atoms with van der Waals surface area (Å²) in [7, 11) is 0. The van der Waals surface area contributed by atoms with Crippen molar-refractivity contribution in [2.75, 3.05) is 0 Å². The number of nitriles is 1. The zero-order valence-electron chi connectivity index (χ0n) is 14.8. The molecule has 2 aliphatic rings. The number of Topliss-reactive ketones (excluding diaryl/α,β-unsaturated/α-hetero) is 1. The Balaban J connectivity index is 1.91. The van der Waals surface area contributed by atoms with Crippen LogP contribution < -0.4 is 0 Å². The summed E-state index contributed by atoms with van der Waals surface area (Å²) >= 11 is 0. The topological polar surface area (TPSA) is 58.7 Å². The summed E-state index contributed by atoms with van der Waals surface area (Å²) in [6.45, 7) is 6.08. The molecule has 4 nitrogen and oxygen atoms in total. The number of nitrogens with zero attached hydrogens (tertiary/aromatic N) is 3. The summed E-state index contributed by atoms with van der Waals surface area (Å²) in [5, 5.41) is 14.4. The van der Waals surface area contributed by atoms with Crippen molar-refractivity contribution in [2.45, 2.75) is 39.0 Å². The van der Waals surface area contributed by atoms with E-state index in [1.165, 1.54) is 5.56 Å². The predicted octanol–water partition coefficient (Wildman–Crippen LogP) is 3.75. The molecule has 4 heteroatoms. The second-order valence-corrected chi connectivity index (χ2v) is 7.88. The van der Waals surface area contributed by atoms with Gasteiger partial charge in [-0.3, -0.25) is 4.79 Å². The summed E-state index contributed by atoms with van der Waals surface area (Å²) in [5.74, 6) is 0.111. The first-order chi connectivity index (χ1) is 11.9. The number of ketones is 1. The molecular weight excluding hydrogens is 310 g/mol. The lowest BCUT2D eigenvalue weighted by molar-refractivity contribution is -0.128. The van der Waals surface area contributed by atoms with Crippen molar-refractivity contribution in [3.8, 4) is 11.8 Å². The van der Waals surface area contributed by atoms with E-state index in [2.05, 4.69) is 19.2 Å². The molecule has 0 N–H and O–H groups in total. The highest BCUT2D eigenvalue weighted by molar-refractivity contribution is 6.04. The number of rotatable bonds is 1. The number of aryl methyl sites for hydroxylation is 1. The van der Waals surface area contributed by atoms with Gasteiger partial charge in [0, 0.05) is 17.0 Å². The zero-order valence-corrected chi connectivity index (χ0v) is 14.8. The summed E-state index contributed by atoms with van der Waals surface area (Å²) < 4.78 is 1.92. The van der Waals surface area contributed by atoms with Crippen molar-refractivity contribution in [3.05, 3.63) is 59.4 Å². The minimum atomic E-state index is -0.553. The molecule has 0 aliphatic heterocycles. The molecule has 0 amide bonds. The Morgan fingerprint density at radius 3 is 2.64 bits per heavy atom. The quantitative estimate of drug-likeness (QED) is 0.799. The van der Waals surface area contributed by atoms with Gasteiger partial charge in [0.25, 0.3) is 0 Å². The number of carbonyl (C=O) groups excluding carboxylic acids is 1. The van der Waals surface area contributed by atoms with Crippen LogP contribution in [0.15, 0.2) is 48.2 Å². The van der Waals surface area contributed by atoms with Gasteiger partial charge in [0.2, 0.25) is 0 Å². The minimum absolute atomic E-state index is 0.0385. The number of allylic oxidation sites excluding steroid dienone is 2. The maximum atomic E-state index is 12.7. The highest BCUT2D eigenvalue weighted by atomic mass is 16.1. The highest BCUT2D eigenvalue weighted by Gasteiger charge is 2.54. The standard InChI is InChI=1S/C21H21N3O/c1-20(2)17-10-9-14-13-24(16-7-5-4-6-8-16)23-18(14)21(17,3)11-15(12-22)19(20)25/h4-8,11,13,17H,9-10H2,1-3H3. The van der Waals surface area contributed by atoms with Crippen LogP contribution in [0.3, 0.4) is 0 Å². The number of fused-ring (bicyclic) bond motifs is 3. The molecule has 0 saturated heterocycles. The minimum Gasteiger partial charge on any atom is -0.293 e. The van der Waals surface area contributed by atoms with Gasteiger partial charge in [0.1, 0.15) is 6.07 Å². The molecule has 4 rings (SSSR count). The van der Waals surface area contributed by atoms with Gasteiger partial charge in [-0.25, -0.2) is 4.68 Å². The molecule has 0 radical (unpaired) electrons. The van der Waals surface area contributed by atoms with Crippen LogP contribution >= 0.6 is 0 Å². The van der Waals surface area contributed by atoms with Crippen LogP contribution in [0.5, 0.6) is 0 Å². The van der Waals surface area contributed by atoms with Gasteiger partial charge in [0.15, 0.2) is 5.78 Å². The number of hydrogen-bond donors (Lipinski definition) is 0. The van der Waals surface area contributed by atoms with Crippen LogP contribution in [0.25, 0.3) is 5.69 Å². The molecule has 0 bridgehead atoms. The SMILES string of the molecule is CC1(C)C(=O)C(C#N)=CC2(C)c3nn(-c4ccccc4)cc3CCC12. The number of para-hydroxylation sites is 1. The molecule has 126 valence electrons. The first kappa shape index (κ1) is 15.8. The van der Waals surface area contributed by atoms with Crippen LogP contribution in [0.1, 0.15) is 38.4 Å². The average Bonchev–Trinajstić information content (AvgIpc) is 3.05. The van der Waals surface area contributed by atoms with Gasteiger partial charge >= 0.3 is 0 Å². The number of benzene rings is 1. The van der Waals surface area contributed by atoms with Crippen molar-refractivity contribution < 1.29 is 4.79 Å². The molecule has 1 heterocycles. The second kappa shape index (κ2) is 5.16. The summed E-state index contributed by atoms with van der Waals surface area (Å²) in [5.41, 5.74) is 2.56. The largest absolute Gasteiger partial charge is 0.293 e. The monoisotopic (exact) mass is 331 g/mol. The number of aromatic nitrogens is 2. The first-order valence-electron chi connectivity index (χ1n) is 8.70. The van der Waals surface area contributed by atoms with Gasteiger partial charge in [-0.2, -0.15) is 10.4 Å². The van der Waals surface area contributed by atoms with Crippen molar-refractivity contribution >= 4 is 5.78 Å². The van der Waals surface area contributed by atoms with Crippen LogP contribution in [-0.4, -0.2) is 15.6 Å². The van der Waals surface area contributed by atoms with E-state index in [4.69, 9.17) is 5.10 Å². The van der Waals surface area contributed by atoms with E-state index in [1.807, 2.05) is 54.9 Å². The Labute approximate surface area is 147 Å². The highest BCUT2D eigenvalue weighted by Crippen LogP contribution is 2.54. The molecule has 0 saturated carbocycles. The van der Waals surface area contributed by atoms with E-state index in [-0.39, 0.29) is 17.3 Å². The lowest BCUT2D eigenvalue weighted by atomic mass is 9.52. The fourth-order valence-electron chi connectivity index (χ4n) is 4.76. The Kier molecular flexibility index (Phi) is 3.27. The molecule has 2 unspecified atom stereocenters. The van der Waals surface area contributed by atoms with Crippen molar-refractivity contribution in [1.29, 1.82) is 5.26 Å². The van der Waals surface area contributed by atoms with Crippen molar-refractivity contribution in [3.63, 3.8) is 0 Å². The molecule has 1 aromatic heterocycles. The van der Waals surface area contributed by atoms with E-state index >= 15 is 0 Å². The molecule has 0 fully saturated rings. The third kappa shape index (κ3) is 2.12. The maximum Gasteiger partial charge on any atom is 0.178 e. The Hall–Kier alpha value is -2.67. The van der Waals surface area contributed by atoms with Gasteiger partial charge in [0.05, 0.1) is 17.0 Å².